The van der Waals surface area contributed by atoms with Gasteiger partial charge in [0.2, 0.25) is 0 Å². The molecule has 1 saturated heterocycles. The molecule has 0 amide bonds. The van der Waals surface area contributed by atoms with Crippen LogP contribution in [0.1, 0.15) is 63.0 Å². The van der Waals surface area contributed by atoms with Crippen molar-refractivity contribution in [3.8, 4) is 0 Å². The highest BCUT2D eigenvalue weighted by atomic mass is 16.5. The minimum absolute atomic E-state index is 0.117. The molecule has 1 fully saturated rings. The Labute approximate surface area is 176 Å². The molecular formula is C23H38N4O2. The number of esters is 1. The molecule has 2 rings (SSSR count). The van der Waals surface area contributed by atoms with Crippen LogP contribution in [0.2, 0.25) is 0 Å². The summed E-state index contributed by atoms with van der Waals surface area (Å²) in [6.07, 6.45) is 7.30. The third-order valence-electron chi connectivity index (χ3n) is 5.22. The number of methoxy groups -OCH3 is 1. The summed E-state index contributed by atoms with van der Waals surface area (Å²) in [5.41, 5.74) is 2.62. The topological polar surface area (TPSA) is 66.0 Å². The van der Waals surface area contributed by atoms with Crippen molar-refractivity contribution < 1.29 is 9.53 Å². The number of nitrogens with zero attached hydrogens (tertiary/aromatic N) is 2. The Morgan fingerprint density at radius 1 is 1.03 bits per heavy atom. The van der Waals surface area contributed by atoms with E-state index in [-0.39, 0.29) is 5.97 Å². The van der Waals surface area contributed by atoms with Gasteiger partial charge in [0.15, 0.2) is 5.96 Å². The summed E-state index contributed by atoms with van der Waals surface area (Å²) in [5.74, 6) is 0.747. The van der Waals surface area contributed by atoms with Crippen molar-refractivity contribution in [1.82, 2.24) is 15.5 Å². The van der Waals surface area contributed by atoms with Gasteiger partial charge in [0, 0.05) is 26.1 Å². The fourth-order valence-corrected chi connectivity index (χ4v) is 3.52. The van der Waals surface area contributed by atoms with Crippen LogP contribution in [0.15, 0.2) is 29.3 Å². The Balaban J connectivity index is 1.67. The number of hydrogen-bond donors (Lipinski definition) is 2. The van der Waals surface area contributed by atoms with Gasteiger partial charge in [0.1, 0.15) is 0 Å². The summed E-state index contributed by atoms with van der Waals surface area (Å²) in [6, 6.07) is 8.86. The highest BCUT2D eigenvalue weighted by molar-refractivity contribution is 5.79. The number of guanidine groups is 1. The molecule has 0 radical (unpaired) electrons. The second-order valence-electron chi connectivity index (χ2n) is 7.66. The van der Waals surface area contributed by atoms with Crippen LogP contribution in [0.3, 0.4) is 0 Å². The number of carbonyl (C=O) groups excluding carboxylic acids is 1. The Bertz CT molecular complexity index is 610. The van der Waals surface area contributed by atoms with Gasteiger partial charge in [-0.3, -0.25) is 9.69 Å². The molecule has 0 aromatic heterocycles. The van der Waals surface area contributed by atoms with E-state index >= 15 is 0 Å². The largest absolute Gasteiger partial charge is 0.469 e. The van der Waals surface area contributed by atoms with Gasteiger partial charge in [-0.05, 0) is 56.8 Å². The molecule has 0 unspecified atom stereocenters. The number of likely N-dealkylation sites (tertiary alicyclic amines) is 1. The highest BCUT2D eigenvalue weighted by Gasteiger charge is 2.11. The van der Waals surface area contributed by atoms with Crippen LogP contribution in [0.25, 0.3) is 0 Å². The van der Waals surface area contributed by atoms with E-state index in [1.165, 1.54) is 44.2 Å². The zero-order chi connectivity index (χ0) is 20.7. The molecule has 6 heteroatoms. The maximum atomic E-state index is 11.1. The quantitative estimate of drug-likeness (QED) is 0.243. The summed E-state index contributed by atoms with van der Waals surface area (Å²) in [4.78, 5) is 18.3. The van der Waals surface area contributed by atoms with E-state index in [1.807, 2.05) is 0 Å². The molecule has 1 aromatic rings. The van der Waals surface area contributed by atoms with Gasteiger partial charge in [0.05, 0.1) is 13.7 Å². The van der Waals surface area contributed by atoms with Gasteiger partial charge >= 0.3 is 5.97 Å². The molecule has 0 spiro atoms. The van der Waals surface area contributed by atoms with E-state index in [0.29, 0.717) is 13.0 Å². The second-order valence-corrected chi connectivity index (χ2v) is 7.66. The second kappa shape index (κ2) is 14.0. The van der Waals surface area contributed by atoms with Crippen LogP contribution in [-0.2, 0) is 22.6 Å². The van der Waals surface area contributed by atoms with E-state index in [9.17, 15) is 4.79 Å². The molecule has 1 heterocycles. The monoisotopic (exact) mass is 402 g/mol. The SMILES string of the molecule is CCNC(=NCc1ccc(CN2CCCC2)cc1)NCCCCCCC(=O)OC. The fourth-order valence-electron chi connectivity index (χ4n) is 3.52. The molecule has 162 valence electrons. The minimum Gasteiger partial charge on any atom is -0.469 e. The zero-order valence-corrected chi connectivity index (χ0v) is 18.2. The van der Waals surface area contributed by atoms with E-state index < -0.39 is 0 Å². The number of carbonyl (C=O) groups is 1. The van der Waals surface area contributed by atoms with E-state index in [2.05, 4.69) is 51.5 Å². The number of ether oxygens (including phenoxy) is 1. The van der Waals surface area contributed by atoms with Crippen molar-refractivity contribution in [2.75, 3.05) is 33.3 Å². The van der Waals surface area contributed by atoms with Crippen molar-refractivity contribution in [2.45, 2.75) is 65.0 Å². The number of hydrogen-bond acceptors (Lipinski definition) is 4. The lowest BCUT2D eigenvalue weighted by Gasteiger charge is -2.14. The first kappa shape index (κ1) is 23.2. The van der Waals surface area contributed by atoms with Crippen molar-refractivity contribution >= 4 is 11.9 Å². The Morgan fingerprint density at radius 3 is 2.41 bits per heavy atom. The smallest absolute Gasteiger partial charge is 0.305 e. The van der Waals surface area contributed by atoms with Gasteiger partial charge in [-0.1, -0.05) is 37.1 Å². The zero-order valence-electron chi connectivity index (χ0n) is 18.2. The molecule has 6 nitrogen and oxygen atoms in total. The Kier molecular flexibility index (Phi) is 11.2. The summed E-state index contributed by atoms with van der Waals surface area (Å²) < 4.78 is 4.66. The number of rotatable bonds is 12. The summed E-state index contributed by atoms with van der Waals surface area (Å²) in [6.45, 7) is 8.02. The normalized spacial score (nSPS) is 14.8. The molecule has 1 aliphatic rings. The van der Waals surface area contributed by atoms with E-state index in [4.69, 9.17) is 4.99 Å². The van der Waals surface area contributed by atoms with E-state index in [1.54, 1.807) is 0 Å². The number of unbranched alkanes of at least 4 members (excludes halogenated alkanes) is 3. The predicted octanol–water partition coefficient (Wildman–Crippen LogP) is 3.46. The van der Waals surface area contributed by atoms with Crippen LogP contribution in [0, 0.1) is 0 Å². The fraction of sp³-hybridized carbons (Fsp3) is 0.652. The lowest BCUT2D eigenvalue weighted by Crippen LogP contribution is -2.37. The van der Waals surface area contributed by atoms with Gasteiger partial charge < -0.3 is 15.4 Å². The Morgan fingerprint density at radius 2 is 1.72 bits per heavy atom. The molecular weight excluding hydrogens is 364 g/mol. The maximum Gasteiger partial charge on any atom is 0.305 e. The van der Waals surface area contributed by atoms with Crippen LogP contribution >= 0.6 is 0 Å². The van der Waals surface area contributed by atoms with Gasteiger partial charge in [-0.2, -0.15) is 0 Å². The molecule has 29 heavy (non-hydrogen) atoms. The van der Waals surface area contributed by atoms with Gasteiger partial charge in [0.25, 0.3) is 0 Å². The summed E-state index contributed by atoms with van der Waals surface area (Å²) >= 11 is 0. The average Bonchev–Trinajstić information content (AvgIpc) is 3.25. The minimum atomic E-state index is -0.117. The summed E-state index contributed by atoms with van der Waals surface area (Å²) in [5, 5.41) is 6.71. The van der Waals surface area contributed by atoms with Crippen molar-refractivity contribution in [3.05, 3.63) is 35.4 Å². The summed E-state index contributed by atoms with van der Waals surface area (Å²) in [7, 11) is 1.44. The molecule has 0 aliphatic carbocycles. The first-order chi connectivity index (χ1) is 14.2. The van der Waals surface area contributed by atoms with E-state index in [0.717, 1.165) is 51.3 Å². The third kappa shape index (κ3) is 9.79. The number of aliphatic imine (C=N–C) groups is 1. The predicted molar refractivity (Wildman–Crippen MR) is 119 cm³/mol. The van der Waals surface area contributed by atoms with Crippen LogP contribution in [0.5, 0.6) is 0 Å². The van der Waals surface area contributed by atoms with Gasteiger partial charge in [-0.15, -0.1) is 0 Å². The standard InChI is InChI=1S/C23H38N4O2/c1-3-24-23(25-15-7-5-4-6-10-22(28)29-2)26-18-20-11-13-21(14-12-20)19-27-16-8-9-17-27/h11-14H,3-10,15-19H2,1-2H3,(H2,24,25,26). The third-order valence-corrected chi connectivity index (χ3v) is 5.22. The first-order valence-corrected chi connectivity index (χ1v) is 11.1. The highest BCUT2D eigenvalue weighted by Crippen LogP contribution is 2.13. The Hall–Kier alpha value is -2.08. The maximum absolute atomic E-state index is 11.1. The number of nitrogens with one attached hydrogen (secondary N) is 2. The number of benzene rings is 1. The van der Waals surface area contributed by atoms with Crippen LogP contribution < -0.4 is 10.6 Å². The van der Waals surface area contributed by atoms with Crippen molar-refractivity contribution in [3.63, 3.8) is 0 Å². The average molecular weight is 403 g/mol. The lowest BCUT2D eigenvalue weighted by atomic mass is 10.1. The van der Waals surface area contributed by atoms with Crippen molar-refractivity contribution in [2.24, 2.45) is 4.99 Å². The lowest BCUT2D eigenvalue weighted by molar-refractivity contribution is -0.140. The molecule has 0 bridgehead atoms. The molecule has 0 atom stereocenters. The van der Waals surface area contributed by atoms with Crippen molar-refractivity contribution in [1.29, 1.82) is 0 Å². The van der Waals surface area contributed by atoms with Gasteiger partial charge in [-0.25, -0.2) is 4.99 Å². The molecule has 0 saturated carbocycles. The molecule has 2 N–H and O–H groups in total. The molecule has 1 aromatic carbocycles. The first-order valence-electron chi connectivity index (χ1n) is 11.1. The van der Waals surface area contributed by atoms with Crippen LogP contribution in [0.4, 0.5) is 0 Å². The molecule has 1 aliphatic heterocycles. The van der Waals surface area contributed by atoms with Crippen LogP contribution in [-0.4, -0.2) is 50.1 Å².